The van der Waals surface area contributed by atoms with Gasteiger partial charge in [0.25, 0.3) is 0 Å². The lowest BCUT2D eigenvalue weighted by Crippen LogP contribution is -2.22. The van der Waals surface area contributed by atoms with Crippen molar-refractivity contribution in [1.82, 2.24) is 0 Å². The van der Waals surface area contributed by atoms with Gasteiger partial charge in [-0.3, -0.25) is 0 Å². The van der Waals surface area contributed by atoms with E-state index in [2.05, 4.69) is 138 Å². The van der Waals surface area contributed by atoms with Crippen LogP contribution in [-0.4, -0.2) is 7.05 Å². The third-order valence-electron chi connectivity index (χ3n) is 6.98. The molecule has 0 spiro atoms. The van der Waals surface area contributed by atoms with Crippen LogP contribution in [0.3, 0.4) is 0 Å². The average molecular weight is 408 g/mol. The number of hydrogen-bond acceptors (Lipinski definition) is 1. The van der Waals surface area contributed by atoms with Gasteiger partial charge in [0, 0.05) is 29.3 Å². The molecular formula is C30H33N. The van der Waals surface area contributed by atoms with Crippen LogP contribution in [0.15, 0.2) is 102 Å². The van der Waals surface area contributed by atoms with Crippen molar-refractivity contribution in [3.63, 3.8) is 0 Å². The van der Waals surface area contributed by atoms with E-state index in [4.69, 9.17) is 0 Å². The molecule has 0 bridgehead atoms. The average Bonchev–Trinajstić information content (AvgIpc) is 3.07. The van der Waals surface area contributed by atoms with Crippen molar-refractivity contribution in [1.29, 1.82) is 0 Å². The van der Waals surface area contributed by atoms with E-state index in [1.165, 1.54) is 39.2 Å². The highest BCUT2D eigenvalue weighted by atomic mass is 15.2. The van der Waals surface area contributed by atoms with E-state index in [1.807, 2.05) is 0 Å². The van der Waals surface area contributed by atoms with Gasteiger partial charge in [-0.1, -0.05) is 107 Å². The minimum atomic E-state index is 0.0202. The number of benzene rings is 2. The third kappa shape index (κ3) is 3.53. The first kappa shape index (κ1) is 21.2. The van der Waals surface area contributed by atoms with Gasteiger partial charge >= 0.3 is 0 Å². The van der Waals surface area contributed by atoms with Crippen molar-refractivity contribution in [2.75, 3.05) is 11.9 Å². The zero-order valence-electron chi connectivity index (χ0n) is 19.6. The van der Waals surface area contributed by atoms with Gasteiger partial charge in [0.1, 0.15) is 0 Å². The zero-order chi connectivity index (χ0) is 22.2. The summed E-state index contributed by atoms with van der Waals surface area (Å²) in [6.07, 6.45) is 15.1. The van der Waals surface area contributed by atoms with Crippen LogP contribution in [-0.2, 0) is 10.8 Å². The molecule has 0 saturated carbocycles. The molecule has 0 atom stereocenters. The van der Waals surface area contributed by atoms with Gasteiger partial charge in [-0.05, 0) is 46.9 Å². The van der Waals surface area contributed by atoms with E-state index in [0.29, 0.717) is 0 Å². The quantitative estimate of drug-likeness (QED) is 0.469. The smallest absolute Gasteiger partial charge is 0.0447 e. The van der Waals surface area contributed by atoms with Gasteiger partial charge in [0.2, 0.25) is 0 Å². The van der Waals surface area contributed by atoms with Crippen LogP contribution in [0.1, 0.15) is 51.3 Å². The van der Waals surface area contributed by atoms with Crippen LogP contribution in [0.2, 0.25) is 0 Å². The lowest BCUT2D eigenvalue weighted by atomic mass is 9.81. The van der Waals surface area contributed by atoms with E-state index in [9.17, 15) is 0 Å². The van der Waals surface area contributed by atoms with Gasteiger partial charge in [0.05, 0.1) is 0 Å². The first-order valence-electron chi connectivity index (χ1n) is 11.1. The summed E-state index contributed by atoms with van der Waals surface area (Å²) in [5.74, 6) is 0. The molecule has 1 aliphatic carbocycles. The molecule has 1 heteroatoms. The fourth-order valence-corrected chi connectivity index (χ4v) is 5.24. The first-order valence-corrected chi connectivity index (χ1v) is 11.1. The molecule has 0 saturated heterocycles. The van der Waals surface area contributed by atoms with Gasteiger partial charge in [0.15, 0.2) is 0 Å². The highest BCUT2D eigenvalue weighted by molar-refractivity contribution is 5.81. The summed E-state index contributed by atoms with van der Waals surface area (Å²) in [7, 11) is 2.16. The summed E-state index contributed by atoms with van der Waals surface area (Å²) in [4.78, 5) is 2.30. The molecule has 0 fully saturated rings. The van der Waals surface area contributed by atoms with Crippen LogP contribution in [0, 0.1) is 0 Å². The van der Waals surface area contributed by atoms with Gasteiger partial charge < -0.3 is 4.90 Å². The molecule has 0 N–H and O–H groups in total. The number of allylic oxidation sites excluding steroid dienone is 10. The maximum atomic E-state index is 2.32. The minimum absolute atomic E-state index is 0.0202. The van der Waals surface area contributed by atoms with Crippen LogP contribution >= 0.6 is 0 Å². The topological polar surface area (TPSA) is 3.24 Å². The fraction of sp³-hybridized carbons (Fsp3) is 0.267. The Kier molecular flexibility index (Phi) is 5.39. The van der Waals surface area contributed by atoms with Gasteiger partial charge in [-0.2, -0.15) is 0 Å². The standard InChI is InChI=1S/C30H33N/c1-22-23-16-12-13-18-25(23)29(2,3)24(22)17-10-8-7-9-11-21-28-30(4,5)26-19-14-15-20-27(26)31(28)6/h7-21H,1-6H3. The normalized spacial score (nSPS) is 20.6. The fourth-order valence-electron chi connectivity index (χ4n) is 5.24. The van der Waals surface area contributed by atoms with Crippen molar-refractivity contribution in [3.05, 3.63) is 119 Å². The lowest BCUT2D eigenvalue weighted by molar-refractivity contribution is 0.640. The predicted octanol–water partition coefficient (Wildman–Crippen LogP) is 7.73. The Bertz CT molecular complexity index is 1150. The summed E-state index contributed by atoms with van der Waals surface area (Å²) in [6.45, 7) is 11.5. The number of nitrogens with zero attached hydrogens (tertiary/aromatic N) is 1. The molecule has 0 radical (unpaired) electrons. The van der Waals surface area contributed by atoms with E-state index in [0.717, 1.165) is 0 Å². The van der Waals surface area contributed by atoms with Crippen LogP contribution < -0.4 is 4.90 Å². The Hall–Kier alpha value is -3.06. The lowest BCUT2D eigenvalue weighted by Gasteiger charge is -2.23. The van der Waals surface area contributed by atoms with Crippen LogP contribution in [0.4, 0.5) is 5.69 Å². The highest BCUT2D eigenvalue weighted by Gasteiger charge is 2.37. The van der Waals surface area contributed by atoms with Gasteiger partial charge in [-0.15, -0.1) is 0 Å². The second-order valence-corrected chi connectivity index (χ2v) is 9.59. The molecule has 2 aromatic rings. The second-order valence-electron chi connectivity index (χ2n) is 9.59. The molecule has 0 aromatic heterocycles. The molecule has 2 aliphatic rings. The SMILES string of the molecule is CC1=C(C=CC=CC=CC=C2N(C)c3ccccc3C2(C)C)C(C)(C)c2ccccc21. The predicted molar refractivity (Wildman–Crippen MR) is 135 cm³/mol. The number of fused-ring (bicyclic) bond motifs is 2. The Morgan fingerprint density at radius 3 is 2.03 bits per heavy atom. The number of hydrogen-bond donors (Lipinski definition) is 0. The van der Waals surface area contributed by atoms with E-state index in [1.54, 1.807) is 0 Å². The van der Waals surface area contributed by atoms with E-state index >= 15 is 0 Å². The Morgan fingerprint density at radius 1 is 0.710 bits per heavy atom. The number of para-hydroxylation sites is 1. The molecule has 1 heterocycles. The highest BCUT2D eigenvalue weighted by Crippen LogP contribution is 2.47. The molecule has 1 aliphatic heterocycles. The molecule has 31 heavy (non-hydrogen) atoms. The van der Waals surface area contributed by atoms with Crippen molar-refractivity contribution in [2.24, 2.45) is 0 Å². The van der Waals surface area contributed by atoms with Crippen LogP contribution in [0.25, 0.3) is 5.57 Å². The maximum Gasteiger partial charge on any atom is 0.0447 e. The summed E-state index contributed by atoms with van der Waals surface area (Å²) >= 11 is 0. The summed E-state index contributed by atoms with van der Waals surface area (Å²) in [5, 5.41) is 0. The molecule has 0 unspecified atom stereocenters. The monoisotopic (exact) mass is 407 g/mol. The molecule has 158 valence electrons. The number of likely N-dealkylation sites (N-methyl/N-ethyl adjacent to an activating group) is 1. The van der Waals surface area contributed by atoms with Crippen molar-refractivity contribution < 1.29 is 0 Å². The summed E-state index contributed by atoms with van der Waals surface area (Å²) < 4.78 is 0. The van der Waals surface area contributed by atoms with Crippen molar-refractivity contribution in [3.8, 4) is 0 Å². The van der Waals surface area contributed by atoms with Crippen molar-refractivity contribution >= 4 is 11.3 Å². The zero-order valence-corrected chi connectivity index (χ0v) is 19.6. The van der Waals surface area contributed by atoms with E-state index < -0.39 is 0 Å². The molecule has 1 nitrogen and oxygen atoms in total. The van der Waals surface area contributed by atoms with Crippen molar-refractivity contribution in [2.45, 2.75) is 45.4 Å². The molecule has 4 rings (SSSR count). The maximum absolute atomic E-state index is 2.32. The summed E-state index contributed by atoms with van der Waals surface area (Å²) in [6, 6.07) is 17.4. The van der Waals surface area contributed by atoms with E-state index in [-0.39, 0.29) is 10.8 Å². The number of rotatable bonds is 4. The molecular weight excluding hydrogens is 374 g/mol. The largest absolute Gasteiger partial charge is 0.347 e. The molecule has 2 aromatic carbocycles. The first-order chi connectivity index (χ1) is 14.8. The van der Waals surface area contributed by atoms with Crippen LogP contribution in [0.5, 0.6) is 0 Å². The Morgan fingerprint density at radius 2 is 1.32 bits per heavy atom. The minimum Gasteiger partial charge on any atom is -0.347 e. The Labute approximate surface area is 187 Å². The summed E-state index contributed by atoms with van der Waals surface area (Å²) in [5.41, 5.74) is 9.67. The Balaban J connectivity index is 1.46. The third-order valence-corrected chi connectivity index (χ3v) is 6.98. The number of anilines is 1. The molecule has 0 amide bonds. The second kappa shape index (κ2) is 7.89. The van der Waals surface area contributed by atoms with Gasteiger partial charge in [-0.25, -0.2) is 0 Å².